The molecule has 8 heteroatoms. The van der Waals surface area contributed by atoms with Gasteiger partial charge in [0.2, 0.25) is 5.95 Å². The van der Waals surface area contributed by atoms with Crippen LogP contribution >= 0.6 is 0 Å². The molecule has 0 bridgehead atoms. The van der Waals surface area contributed by atoms with E-state index in [1.54, 1.807) is 23.3 Å². The number of carbonyl (C=O) groups is 1. The molecule has 0 saturated carbocycles. The van der Waals surface area contributed by atoms with Crippen molar-refractivity contribution >= 4 is 17.5 Å². The minimum absolute atomic E-state index is 0.239. The molecular formula is C19H20N6O2. The summed E-state index contributed by atoms with van der Waals surface area (Å²) in [5, 5.41) is 7.16. The Morgan fingerprint density at radius 1 is 1.07 bits per heavy atom. The lowest BCUT2D eigenvalue weighted by molar-refractivity contribution is 0.102. The number of benzene rings is 1. The van der Waals surface area contributed by atoms with Crippen molar-refractivity contribution < 1.29 is 9.53 Å². The molecule has 0 spiro atoms. The van der Waals surface area contributed by atoms with Gasteiger partial charge in [0, 0.05) is 13.1 Å². The molecule has 1 fully saturated rings. The van der Waals surface area contributed by atoms with E-state index in [0.29, 0.717) is 30.4 Å². The summed E-state index contributed by atoms with van der Waals surface area (Å²) in [7, 11) is 0. The fourth-order valence-electron chi connectivity index (χ4n) is 2.97. The number of para-hydroxylation sites is 1. The minimum Gasteiger partial charge on any atom is -0.378 e. The van der Waals surface area contributed by atoms with Crippen molar-refractivity contribution in [3.05, 3.63) is 60.2 Å². The molecule has 1 aromatic carbocycles. The Hall–Kier alpha value is -3.26. The van der Waals surface area contributed by atoms with Gasteiger partial charge in [0.25, 0.3) is 5.91 Å². The van der Waals surface area contributed by atoms with Crippen LogP contribution < -0.4 is 10.2 Å². The first-order valence-electron chi connectivity index (χ1n) is 8.78. The molecule has 1 aliphatic rings. The van der Waals surface area contributed by atoms with Crippen LogP contribution in [0.5, 0.6) is 0 Å². The third-order valence-electron chi connectivity index (χ3n) is 4.45. The molecule has 8 nitrogen and oxygen atoms in total. The van der Waals surface area contributed by atoms with Crippen LogP contribution in [-0.2, 0) is 4.74 Å². The SMILES string of the molecule is Cc1c(C(=O)Nc2cnc(N3CCOCC3)nc2)cnn1-c1ccccc1. The summed E-state index contributed by atoms with van der Waals surface area (Å²) in [4.78, 5) is 23.4. The van der Waals surface area contributed by atoms with Crippen LogP contribution in [0.25, 0.3) is 5.69 Å². The first kappa shape index (κ1) is 17.2. The lowest BCUT2D eigenvalue weighted by Gasteiger charge is -2.26. The summed E-state index contributed by atoms with van der Waals surface area (Å²) < 4.78 is 7.07. The summed E-state index contributed by atoms with van der Waals surface area (Å²) in [6, 6.07) is 9.70. The van der Waals surface area contributed by atoms with E-state index in [1.165, 1.54) is 0 Å². The van der Waals surface area contributed by atoms with Gasteiger partial charge in [-0.25, -0.2) is 14.6 Å². The number of rotatable bonds is 4. The Balaban J connectivity index is 1.47. The molecule has 0 radical (unpaired) electrons. The molecule has 3 heterocycles. The van der Waals surface area contributed by atoms with Crippen molar-refractivity contribution in [1.29, 1.82) is 0 Å². The Bertz CT molecular complexity index is 917. The van der Waals surface area contributed by atoms with Gasteiger partial charge in [-0.3, -0.25) is 4.79 Å². The van der Waals surface area contributed by atoms with Crippen molar-refractivity contribution in [2.45, 2.75) is 6.92 Å². The second-order valence-electron chi connectivity index (χ2n) is 6.22. The van der Waals surface area contributed by atoms with E-state index in [-0.39, 0.29) is 5.91 Å². The van der Waals surface area contributed by atoms with E-state index in [2.05, 4.69) is 25.3 Å². The predicted octanol–water partition coefficient (Wildman–Crippen LogP) is 2.06. The normalized spacial score (nSPS) is 14.2. The zero-order valence-electron chi connectivity index (χ0n) is 15.0. The van der Waals surface area contributed by atoms with Crippen LogP contribution in [0, 0.1) is 6.92 Å². The van der Waals surface area contributed by atoms with Gasteiger partial charge in [-0.05, 0) is 19.1 Å². The zero-order chi connectivity index (χ0) is 18.6. The van der Waals surface area contributed by atoms with E-state index in [4.69, 9.17) is 4.74 Å². The van der Waals surface area contributed by atoms with Gasteiger partial charge in [0.15, 0.2) is 0 Å². The molecule has 138 valence electrons. The van der Waals surface area contributed by atoms with Crippen molar-refractivity contribution in [2.75, 3.05) is 36.5 Å². The number of hydrogen-bond acceptors (Lipinski definition) is 6. The highest BCUT2D eigenvalue weighted by Crippen LogP contribution is 2.16. The molecule has 1 N–H and O–H groups in total. The Labute approximate surface area is 156 Å². The topological polar surface area (TPSA) is 85.2 Å². The number of aromatic nitrogens is 4. The molecule has 3 aromatic rings. The number of nitrogens with zero attached hydrogens (tertiary/aromatic N) is 5. The first-order valence-corrected chi connectivity index (χ1v) is 8.78. The summed E-state index contributed by atoms with van der Waals surface area (Å²) in [5.41, 5.74) is 2.73. The number of morpholine rings is 1. The maximum Gasteiger partial charge on any atom is 0.259 e. The van der Waals surface area contributed by atoms with Crippen molar-refractivity contribution in [1.82, 2.24) is 19.7 Å². The molecule has 4 rings (SSSR count). The summed E-state index contributed by atoms with van der Waals surface area (Å²) in [6.45, 7) is 4.75. The van der Waals surface area contributed by atoms with Gasteiger partial charge >= 0.3 is 0 Å². The fourth-order valence-corrected chi connectivity index (χ4v) is 2.97. The zero-order valence-corrected chi connectivity index (χ0v) is 15.0. The van der Waals surface area contributed by atoms with Gasteiger partial charge in [-0.15, -0.1) is 0 Å². The van der Waals surface area contributed by atoms with Crippen LogP contribution in [0.15, 0.2) is 48.9 Å². The van der Waals surface area contributed by atoms with Crippen LogP contribution in [0.1, 0.15) is 16.1 Å². The van der Waals surface area contributed by atoms with E-state index >= 15 is 0 Å². The van der Waals surface area contributed by atoms with E-state index < -0.39 is 0 Å². The standard InChI is InChI=1S/C19H20N6O2/c1-14-17(13-22-25(14)16-5-3-2-4-6-16)18(26)23-15-11-20-19(21-12-15)24-7-9-27-10-8-24/h2-6,11-13H,7-10H2,1H3,(H,23,26). The second kappa shape index (κ2) is 7.55. The molecule has 0 aliphatic carbocycles. The summed E-state index contributed by atoms with van der Waals surface area (Å²) in [6.07, 6.45) is 4.81. The average Bonchev–Trinajstić information content (AvgIpc) is 3.11. The molecule has 2 aromatic heterocycles. The number of anilines is 2. The van der Waals surface area contributed by atoms with Crippen LogP contribution in [-0.4, -0.2) is 52.0 Å². The highest BCUT2D eigenvalue weighted by molar-refractivity contribution is 6.04. The molecule has 0 atom stereocenters. The van der Waals surface area contributed by atoms with E-state index in [9.17, 15) is 4.79 Å². The lowest BCUT2D eigenvalue weighted by Crippen LogP contribution is -2.37. The second-order valence-corrected chi connectivity index (χ2v) is 6.22. The van der Waals surface area contributed by atoms with Crippen molar-refractivity contribution in [3.63, 3.8) is 0 Å². The fraction of sp³-hybridized carbons (Fsp3) is 0.263. The van der Waals surface area contributed by atoms with Crippen molar-refractivity contribution in [3.8, 4) is 5.69 Å². The Morgan fingerprint density at radius 2 is 1.78 bits per heavy atom. The number of amides is 1. The van der Waals surface area contributed by atoms with E-state index in [1.807, 2.05) is 37.3 Å². The maximum atomic E-state index is 12.6. The lowest BCUT2D eigenvalue weighted by atomic mass is 10.2. The number of nitrogens with one attached hydrogen (secondary N) is 1. The summed E-state index contributed by atoms with van der Waals surface area (Å²) >= 11 is 0. The summed E-state index contributed by atoms with van der Waals surface area (Å²) in [5.74, 6) is 0.404. The first-order chi connectivity index (χ1) is 13.2. The highest BCUT2D eigenvalue weighted by atomic mass is 16.5. The minimum atomic E-state index is -0.239. The quantitative estimate of drug-likeness (QED) is 0.763. The monoisotopic (exact) mass is 364 g/mol. The third kappa shape index (κ3) is 3.65. The van der Waals surface area contributed by atoms with Gasteiger partial charge < -0.3 is 15.0 Å². The number of carbonyl (C=O) groups excluding carboxylic acids is 1. The van der Waals surface area contributed by atoms with Crippen LogP contribution in [0.2, 0.25) is 0 Å². The third-order valence-corrected chi connectivity index (χ3v) is 4.45. The maximum absolute atomic E-state index is 12.6. The molecule has 27 heavy (non-hydrogen) atoms. The van der Waals surface area contributed by atoms with Gasteiger partial charge in [0.1, 0.15) is 0 Å². The van der Waals surface area contributed by atoms with Gasteiger partial charge in [0.05, 0.1) is 54.4 Å². The molecule has 0 unspecified atom stereocenters. The molecular weight excluding hydrogens is 344 g/mol. The smallest absolute Gasteiger partial charge is 0.259 e. The molecule has 1 amide bonds. The van der Waals surface area contributed by atoms with E-state index in [0.717, 1.165) is 24.5 Å². The van der Waals surface area contributed by atoms with Gasteiger partial charge in [-0.2, -0.15) is 5.10 Å². The van der Waals surface area contributed by atoms with Crippen molar-refractivity contribution in [2.24, 2.45) is 0 Å². The Kier molecular flexibility index (Phi) is 4.80. The Morgan fingerprint density at radius 3 is 2.48 bits per heavy atom. The molecule has 1 aliphatic heterocycles. The van der Waals surface area contributed by atoms with Crippen LogP contribution in [0.3, 0.4) is 0 Å². The highest BCUT2D eigenvalue weighted by Gasteiger charge is 2.17. The molecule has 1 saturated heterocycles. The number of hydrogen-bond donors (Lipinski definition) is 1. The average molecular weight is 364 g/mol. The number of ether oxygens (including phenoxy) is 1. The predicted molar refractivity (Wildman–Crippen MR) is 101 cm³/mol. The largest absolute Gasteiger partial charge is 0.378 e. The van der Waals surface area contributed by atoms with Gasteiger partial charge in [-0.1, -0.05) is 18.2 Å². The van der Waals surface area contributed by atoms with Crippen LogP contribution in [0.4, 0.5) is 11.6 Å².